The molecule has 5 nitrogen and oxygen atoms in total. The summed E-state index contributed by atoms with van der Waals surface area (Å²) in [5.41, 5.74) is 1.13. The Bertz CT molecular complexity index is 829. The third-order valence-corrected chi connectivity index (χ3v) is 3.92. The fraction of sp³-hybridized carbons (Fsp3) is 0.222. The Balaban J connectivity index is 1.87. The first kappa shape index (κ1) is 20.0. The molecule has 138 valence electrons. The number of carbonyl (C=O) groups is 2. The third kappa shape index (κ3) is 5.61. The van der Waals surface area contributed by atoms with Crippen LogP contribution in [0.25, 0.3) is 0 Å². The summed E-state index contributed by atoms with van der Waals surface area (Å²) in [5, 5.41) is 2.85. The fourth-order valence-electron chi connectivity index (χ4n) is 1.97. The van der Waals surface area contributed by atoms with Crippen LogP contribution in [-0.2, 0) is 14.3 Å². The largest absolute Gasteiger partial charge is 0.480 e. The minimum atomic E-state index is -1.10. The van der Waals surface area contributed by atoms with Crippen LogP contribution in [0, 0.1) is 12.7 Å². The highest BCUT2D eigenvalue weighted by atomic mass is 35.5. The summed E-state index contributed by atoms with van der Waals surface area (Å²) in [6.07, 6.45) is -1.10. The van der Waals surface area contributed by atoms with Crippen molar-refractivity contribution >= 4 is 40.8 Å². The molecular weight excluding hydrogens is 384 g/mol. The lowest BCUT2D eigenvalue weighted by Gasteiger charge is -2.15. The number of ether oxygens (including phenoxy) is 2. The maximum Gasteiger partial charge on any atom is 0.344 e. The molecule has 1 atom stereocenters. The quantitative estimate of drug-likeness (QED) is 0.731. The molecule has 8 heteroatoms. The fourth-order valence-corrected chi connectivity index (χ4v) is 2.35. The number of esters is 1. The van der Waals surface area contributed by atoms with E-state index in [1.165, 1.54) is 13.0 Å². The van der Waals surface area contributed by atoms with Gasteiger partial charge in [0.25, 0.3) is 5.91 Å². The molecule has 2 aromatic rings. The van der Waals surface area contributed by atoms with Gasteiger partial charge in [-0.05, 0) is 49.7 Å². The van der Waals surface area contributed by atoms with Crippen molar-refractivity contribution < 1.29 is 23.5 Å². The van der Waals surface area contributed by atoms with Gasteiger partial charge in [0.05, 0.1) is 15.7 Å². The van der Waals surface area contributed by atoms with Gasteiger partial charge in [-0.25, -0.2) is 9.18 Å². The molecule has 0 aliphatic heterocycles. The Morgan fingerprint density at radius 1 is 1.15 bits per heavy atom. The van der Waals surface area contributed by atoms with E-state index in [9.17, 15) is 14.0 Å². The van der Waals surface area contributed by atoms with Crippen LogP contribution in [0.1, 0.15) is 12.5 Å². The highest BCUT2D eigenvalue weighted by molar-refractivity contribution is 6.33. The van der Waals surface area contributed by atoms with Crippen LogP contribution in [0.3, 0.4) is 0 Å². The predicted octanol–water partition coefficient (Wildman–Crippen LogP) is 4.39. The van der Waals surface area contributed by atoms with E-state index in [-0.39, 0.29) is 10.7 Å². The zero-order chi connectivity index (χ0) is 19.3. The molecule has 0 unspecified atom stereocenters. The zero-order valence-corrected chi connectivity index (χ0v) is 15.5. The molecule has 0 aliphatic carbocycles. The molecule has 0 radical (unpaired) electrons. The number of carbonyl (C=O) groups excluding carboxylic acids is 2. The molecule has 0 saturated carbocycles. The minimum Gasteiger partial charge on any atom is -0.480 e. The van der Waals surface area contributed by atoms with Gasteiger partial charge in [0, 0.05) is 0 Å². The first-order chi connectivity index (χ1) is 12.3. The van der Waals surface area contributed by atoms with Crippen molar-refractivity contribution in [3.63, 3.8) is 0 Å². The summed E-state index contributed by atoms with van der Waals surface area (Å²) in [7, 11) is 0. The normalized spacial score (nSPS) is 11.6. The van der Waals surface area contributed by atoms with Crippen molar-refractivity contribution in [1.82, 2.24) is 0 Å². The Hall–Kier alpha value is -2.31. The van der Waals surface area contributed by atoms with Crippen LogP contribution in [0.2, 0.25) is 10.0 Å². The average molecular weight is 400 g/mol. The van der Waals surface area contributed by atoms with Crippen LogP contribution >= 0.6 is 23.2 Å². The maximum atomic E-state index is 13.0. The summed E-state index contributed by atoms with van der Waals surface area (Å²) < 4.78 is 23.3. The molecule has 1 N–H and O–H groups in total. The lowest BCUT2D eigenvalue weighted by molar-refractivity contribution is -0.155. The van der Waals surface area contributed by atoms with Gasteiger partial charge in [-0.3, -0.25) is 4.79 Å². The summed E-state index contributed by atoms with van der Waals surface area (Å²) in [6, 6.07) is 8.67. The second-order valence-corrected chi connectivity index (χ2v) is 6.28. The smallest absolute Gasteiger partial charge is 0.344 e. The number of nitrogens with one attached hydrogen (secondary N) is 1. The van der Waals surface area contributed by atoms with E-state index < -0.39 is 30.4 Å². The van der Waals surface area contributed by atoms with Crippen molar-refractivity contribution in [2.75, 3.05) is 11.9 Å². The van der Waals surface area contributed by atoms with Crippen LogP contribution in [-0.4, -0.2) is 24.6 Å². The molecule has 0 spiro atoms. The molecule has 0 saturated heterocycles. The molecule has 0 aromatic heterocycles. The van der Waals surface area contributed by atoms with Gasteiger partial charge in [-0.15, -0.1) is 0 Å². The Labute approximate surface area is 160 Å². The minimum absolute atomic E-state index is 0.0364. The van der Waals surface area contributed by atoms with Gasteiger partial charge in [-0.1, -0.05) is 29.3 Å². The van der Waals surface area contributed by atoms with E-state index in [2.05, 4.69) is 5.32 Å². The predicted molar refractivity (Wildman–Crippen MR) is 97.3 cm³/mol. The summed E-state index contributed by atoms with van der Waals surface area (Å²) in [4.78, 5) is 23.9. The number of aryl methyl sites for hydroxylation is 1. The van der Waals surface area contributed by atoms with Crippen molar-refractivity contribution in [1.29, 1.82) is 0 Å². The first-order valence-corrected chi connectivity index (χ1v) is 8.36. The van der Waals surface area contributed by atoms with Gasteiger partial charge in [0.15, 0.2) is 12.7 Å². The third-order valence-electron chi connectivity index (χ3n) is 3.30. The maximum absolute atomic E-state index is 13.0. The summed E-state index contributed by atoms with van der Waals surface area (Å²) in [5.74, 6) is -1.53. The lowest BCUT2D eigenvalue weighted by Crippen LogP contribution is -2.31. The van der Waals surface area contributed by atoms with Gasteiger partial charge in [0.1, 0.15) is 11.6 Å². The number of benzene rings is 2. The van der Waals surface area contributed by atoms with E-state index in [4.69, 9.17) is 32.7 Å². The van der Waals surface area contributed by atoms with Crippen molar-refractivity contribution in [3.05, 3.63) is 57.8 Å². The van der Waals surface area contributed by atoms with Crippen LogP contribution in [0.15, 0.2) is 36.4 Å². The molecule has 0 fully saturated rings. The van der Waals surface area contributed by atoms with Gasteiger partial charge in [-0.2, -0.15) is 0 Å². The zero-order valence-electron chi connectivity index (χ0n) is 14.0. The summed E-state index contributed by atoms with van der Waals surface area (Å²) >= 11 is 11.8. The topological polar surface area (TPSA) is 64.6 Å². The average Bonchev–Trinajstić information content (AvgIpc) is 2.58. The molecule has 0 bridgehead atoms. The van der Waals surface area contributed by atoms with Crippen molar-refractivity contribution in [3.8, 4) is 5.75 Å². The molecule has 2 aromatic carbocycles. The van der Waals surface area contributed by atoms with Gasteiger partial charge in [0.2, 0.25) is 0 Å². The Morgan fingerprint density at radius 3 is 2.58 bits per heavy atom. The molecule has 1 amide bonds. The number of hydrogen-bond donors (Lipinski definition) is 1. The Morgan fingerprint density at radius 2 is 1.88 bits per heavy atom. The van der Waals surface area contributed by atoms with E-state index in [0.717, 1.165) is 17.7 Å². The van der Waals surface area contributed by atoms with Crippen LogP contribution in [0.5, 0.6) is 5.75 Å². The van der Waals surface area contributed by atoms with E-state index >= 15 is 0 Å². The summed E-state index contributed by atoms with van der Waals surface area (Å²) in [6.45, 7) is 2.84. The second kappa shape index (κ2) is 8.87. The monoisotopic (exact) mass is 399 g/mol. The molecular formula is C18H16Cl2FNO4. The second-order valence-electron chi connectivity index (χ2n) is 5.47. The standard InChI is InChI=1S/C18H16Cl2FNO4/c1-10-3-5-13(19)16(7-10)25-9-17(23)26-11(2)18(24)22-15-6-4-12(21)8-14(15)20/h3-8,11H,9H2,1-2H3,(H,22,24)/t11-/m1/s1. The Kier molecular flexibility index (Phi) is 6.83. The number of anilines is 1. The number of amides is 1. The number of rotatable bonds is 6. The number of halogens is 3. The van der Waals surface area contributed by atoms with Crippen LogP contribution in [0.4, 0.5) is 10.1 Å². The highest BCUT2D eigenvalue weighted by Gasteiger charge is 2.19. The molecule has 0 aliphatic rings. The first-order valence-electron chi connectivity index (χ1n) is 7.60. The van der Waals surface area contributed by atoms with Gasteiger partial charge < -0.3 is 14.8 Å². The number of hydrogen-bond acceptors (Lipinski definition) is 4. The van der Waals surface area contributed by atoms with Crippen molar-refractivity contribution in [2.45, 2.75) is 20.0 Å². The van der Waals surface area contributed by atoms with Crippen LogP contribution < -0.4 is 10.1 Å². The molecule has 26 heavy (non-hydrogen) atoms. The van der Waals surface area contributed by atoms with E-state index in [0.29, 0.717) is 10.8 Å². The van der Waals surface area contributed by atoms with E-state index in [1.54, 1.807) is 18.2 Å². The lowest BCUT2D eigenvalue weighted by atomic mass is 10.2. The molecule has 0 heterocycles. The molecule has 2 rings (SSSR count). The highest BCUT2D eigenvalue weighted by Crippen LogP contribution is 2.25. The van der Waals surface area contributed by atoms with E-state index in [1.807, 2.05) is 6.92 Å². The SMILES string of the molecule is Cc1ccc(Cl)c(OCC(=O)O[C@H](C)C(=O)Nc2ccc(F)cc2Cl)c1. The van der Waals surface area contributed by atoms with Gasteiger partial charge >= 0.3 is 5.97 Å². The van der Waals surface area contributed by atoms with Crippen molar-refractivity contribution in [2.24, 2.45) is 0 Å².